The molecule has 0 saturated carbocycles. The van der Waals surface area contributed by atoms with Crippen molar-refractivity contribution in [3.8, 4) is 0 Å². The number of esters is 1. The Kier molecular flexibility index (Phi) is 5.96. The normalized spacial score (nSPS) is 14.9. The lowest BCUT2D eigenvalue weighted by molar-refractivity contribution is -0.152. The number of rotatable bonds is 5. The summed E-state index contributed by atoms with van der Waals surface area (Å²) in [5.74, 6) is -0.772. The van der Waals surface area contributed by atoms with Gasteiger partial charge >= 0.3 is 5.97 Å². The third kappa shape index (κ3) is 3.85. The molecule has 0 spiro atoms. The molecule has 0 aliphatic carbocycles. The van der Waals surface area contributed by atoms with E-state index < -0.39 is 16.9 Å². The minimum atomic E-state index is -1.34. The summed E-state index contributed by atoms with van der Waals surface area (Å²) >= 11 is 2.91. The van der Waals surface area contributed by atoms with Crippen LogP contribution in [0.25, 0.3) is 0 Å². The summed E-state index contributed by atoms with van der Waals surface area (Å²) in [5.41, 5.74) is 0. The van der Waals surface area contributed by atoms with Gasteiger partial charge in [-0.3, -0.25) is 0 Å². The number of carbonyl (C=O) groups excluding carboxylic acids is 1. The summed E-state index contributed by atoms with van der Waals surface area (Å²) in [4.78, 5) is 10.2. The van der Waals surface area contributed by atoms with E-state index in [0.717, 1.165) is 0 Å². The molecule has 0 bridgehead atoms. The number of alkyl halides is 1. The van der Waals surface area contributed by atoms with Crippen molar-refractivity contribution in [2.75, 3.05) is 13.2 Å². The van der Waals surface area contributed by atoms with Crippen LogP contribution < -0.4 is 0 Å². The Morgan fingerprint density at radius 3 is 2.75 bits per heavy atom. The first-order chi connectivity index (χ1) is 5.63. The third-order valence-corrected chi connectivity index (χ3v) is 1.89. The second-order valence-corrected chi connectivity index (χ2v) is 3.24. The zero-order valence-electron chi connectivity index (χ0n) is 6.44. The van der Waals surface area contributed by atoms with Gasteiger partial charge in [-0.2, -0.15) is 0 Å². The van der Waals surface area contributed by atoms with Crippen molar-refractivity contribution in [3.05, 3.63) is 12.7 Å². The second-order valence-electron chi connectivity index (χ2n) is 2.06. The predicted octanol–water partition coefficient (Wildman–Crippen LogP) is -0.168. The van der Waals surface area contributed by atoms with Gasteiger partial charge in [0.05, 0.1) is 11.4 Å². The Bertz CT molecular complexity index is 159. The average molecular weight is 239 g/mol. The predicted molar refractivity (Wildman–Crippen MR) is 47.0 cm³/mol. The molecule has 2 N–H and O–H groups in total. The van der Waals surface area contributed by atoms with E-state index in [1.54, 1.807) is 0 Å². The molecule has 0 aliphatic rings. The van der Waals surface area contributed by atoms with Crippen LogP contribution in [0.2, 0.25) is 0 Å². The van der Waals surface area contributed by atoms with Gasteiger partial charge in [0, 0.05) is 0 Å². The first-order valence-electron chi connectivity index (χ1n) is 3.34. The molecule has 0 amide bonds. The Balaban J connectivity index is 3.83. The smallest absolute Gasteiger partial charge is 0.336 e. The van der Waals surface area contributed by atoms with Gasteiger partial charge in [-0.1, -0.05) is 28.6 Å². The fourth-order valence-corrected chi connectivity index (χ4v) is 0.690. The summed E-state index contributed by atoms with van der Waals surface area (Å²) < 4.78 is 4.53. The van der Waals surface area contributed by atoms with Gasteiger partial charge in [0.1, 0.15) is 6.61 Å². The second kappa shape index (κ2) is 6.16. The summed E-state index contributed by atoms with van der Waals surface area (Å²) in [6.45, 7) is 3.06. The molecule has 0 aliphatic heterocycles. The van der Waals surface area contributed by atoms with Gasteiger partial charge in [-0.15, -0.1) is 0 Å². The molecule has 70 valence electrons. The van der Waals surface area contributed by atoms with Gasteiger partial charge in [0.2, 0.25) is 0 Å². The Morgan fingerprint density at radius 1 is 1.75 bits per heavy atom. The van der Waals surface area contributed by atoms with E-state index in [2.05, 4.69) is 27.2 Å². The van der Waals surface area contributed by atoms with Crippen LogP contribution in [0.4, 0.5) is 0 Å². The highest BCUT2D eigenvalue weighted by molar-refractivity contribution is 9.09. The van der Waals surface area contributed by atoms with E-state index in [9.17, 15) is 4.79 Å². The highest BCUT2D eigenvalue weighted by Gasteiger charge is 2.24. The molecular weight excluding hydrogens is 228 g/mol. The Morgan fingerprint density at radius 2 is 2.33 bits per heavy atom. The molecule has 2 unspecified atom stereocenters. The van der Waals surface area contributed by atoms with E-state index in [0.29, 0.717) is 0 Å². The van der Waals surface area contributed by atoms with E-state index in [1.807, 2.05) is 0 Å². The molecule has 2 atom stereocenters. The molecule has 0 heterocycles. The maximum absolute atomic E-state index is 10.8. The first kappa shape index (κ1) is 11.6. The maximum Gasteiger partial charge on any atom is 0.336 e. The molecule has 12 heavy (non-hydrogen) atoms. The van der Waals surface area contributed by atoms with Crippen LogP contribution in [0.15, 0.2) is 12.7 Å². The quantitative estimate of drug-likeness (QED) is 0.397. The van der Waals surface area contributed by atoms with Crippen molar-refractivity contribution in [3.63, 3.8) is 0 Å². The highest BCUT2D eigenvalue weighted by Crippen LogP contribution is 2.06. The molecule has 0 aromatic heterocycles. The van der Waals surface area contributed by atoms with Crippen molar-refractivity contribution >= 4 is 21.9 Å². The topological polar surface area (TPSA) is 66.8 Å². The summed E-state index contributed by atoms with van der Waals surface area (Å²) in [5, 5.41) is 17.6. The van der Waals surface area contributed by atoms with Gasteiger partial charge < -0.3 is 14.9 Å². The van der Waals surface area contributed by atoms with E-state index in [4.69, 9.17) is 10.2 Å². The lowest BCUT2D eigenvalue weighted by Gasteiger charge is -2.12. The summed E-state index contributed by atoms with van der Waals surface area (Å²) in [6, 6.07) is 0. The highest BCUT2D eigenvalue weighted by atomic mass is 79.9. The molecule has 0 radical (unpaired) electrons. The fourth-order valence-electron chi connectivity index (χ4n) is 0.474. The van der Waals surface area contributed by atoms with E-state index in [1.165, 1.54) is 6.08 Å². The maximum atomic E-state index is 10.8. The molecule has 0 aromatic carbocycles. The number of hydrogen-bond acceptors (Lipinski definition) is 4. The number of aliphatic hydroxyl groups is 2. The Hall–Kier alpha value is -0.390. The molecule has 0 aromatic rings. The van der Waals surface area contributed by atoms with Crippen LogP contribution in [0.1, 0.15) is 0 Å². The van der Waals surface area contributed by atoms with Crippen LogP contribution in [-0.4, -0.2) is 40.3 Å². The minimum absolute atomic E-state index is 0.0566. The fraction of sp³-hybridized carbons (Fsp3) is 0.571. The van der Waals surface area contributed by atoms with Crippen molar-refractivity contribution in [2.24, 2.45) is 0 Å². The van der Waals surface area contributed by atoms with Crippen LogP contribution in [0.3, 0.4) is 0 Å². The average Bonchev–Trinajstić information content (AvgIpc) is 2.11. The van der Waals surface area contributed by atoms with Crippen LogP contribution in [0, 0.1) is 0 Å². The summed E-state index contributed by atoms with van der Waals surface area (Å²) in [7, 11) is 0. The lowest BCUT2D eigenvalue weighted by atomic mass is 10.3. The number of ether oxygens (including phenoxy) is 1. The lowest BCUT2D eigenvalue weighted by Crippen LogP contribution is -2.33. The Labute approximate surface area is 79.0 Å². The molecule has 0 saturated heterocycles. The zero-order valence-corrected chi connectivity index (χ0v) is 8.03. The van der Waals surface area contributed by atoms with Crippen LogP contribution in [0.5, 0.6) is 0 Å². The first-order valence-corrected chi connectivity index (χ1v) is 4.25. The number of halogens is 1. The van der Waals surface area contributed by atoms with Gasteiger partial charge in [0.25, 0.3) is 0 Å². The monoisotopic (exact) mass is 238 g/mol. The molecule has 0 fully saturated rings. The van der Waals surface area contributed by atoms with Gasteiger partial charge in [-0.25, -0.2) is 4.79 Å². The SMILES string of the molecule is C=CCOC(=O)C(O)C(Br)CO. The van der Waals surface area contributed by atoms with Crippen molar-refractivity contribution in [1.29, 1.82) is 0 Å². The van der Waals surface area contributed by atoms with Crippen LogP contribution in [-0.2, 0) is 9.53 Å². The molecular formula is C7H11BrO4. The molecule has 5 heteroatoms. The van der Waals surface area contributed by atoms with Crippen molar-refractivity contribution in [1.82, 2.24) is 0 Å². The van der Waals surface area contributed by atoms with Crippen molar-refractivity contribution in [2.45, 2.75) is 10.9 Å². The van der Waals surface area contributed by atoms with Crippen molar-refractivity contribution < 1.29 is 19.7 Å². The van der Waals surface area contributed by atoms with E-state index in [-0.39, 0.29) is 13.2 Å². The zero-order chi connectivity index (χ0) is 9.56. The van der Waals surface area contributed by atoms with Gasteiger partial charge in [-0.05, 0) is 0 Å². The largest absolute Gasteiger partial charge is 0.460 e. The van der Waals surface area contributed by atoms with Gasteiger partial charge in [0.15, 0.2) is 6.10 Å². The molecule has 0 rings (SSSR count). The molecule has 4 nitrogen and oxygen atoms in total. The number of hydrogen-bond donors (Lipinski definition) is 2. The van der Waals surface area contributed by atoms with E-state index >= 15 is 0 Å². The third-order valence-electron chi connectivity index (χ3n) is 1.10. The number of aliphatic hydroxyl groups excluding tert-OH is 2. The minimum Gasteiger partial charge on any atom is -0.460 e. The summed E-state index contributed by atoms with van der Waals surface area (Å²) in [6.07, 6.45) is 0.0576. The van der Waals surface area contributed by atoms with Crippen LogP contribution >= 0.6 is 15.9 Å². The standard InChI is InChI=1S/C7H11BrO4/c1-2-3-12-7(11)6(10)5(8)4-9/h2,5-6,9-10H,1,3-4H2. The number of carbonyl (C=O) groups is 1.